The van der Waals surface area contributed by atoms with Crippen molar-refractivity contribution in [3.8, 4) is 11.1 Å². The maximum absolute atomic E-state index is 12.6. The van der Waals surface area contributed by atoms with E-state index in [1.807, 2.05) is 54.6 Å². The van der Waals surface area contributed by atoms with Crippen LogP contribution in [0.15, 0.2) is 73.2 Å². The quantitative estimate of drug-likeness (QED) is 0.603. The summed E-state index contributed by atoms with van der Waals surface area (Å²) in [5.41, 5.74) is 3.93. The number of anilines is 1. The van der Waals surface area contributed by atoms with Gasteiger partial charge in [-0.25, -0.2) is 0 Å². The minimum atomic E-state index is -0.206. The van der Waals surface area contributed by atoms with Gasteiger partial charge >= 0.3 is 0 Å². The second-order valence-electron chi connectivity index (χ2n) is 5.42. The van der Waals surface area contributed by atoms with Gasteiger partial charge in [0, 0.05) is 23.3 Å². The normalized spacial score (nSPS) is 10.7. The van der Waals surface area contributed by atoms with Gasteiger partial charge in [-0.3, -0.25) is 14.9 Å². The lowest BCUT2D eigenvalue weighted by Gasteiger charge is -2.07. The lowest BCUT2D eigenvalue weighted by Crippen LogP contribution is -2.12. The number of aromatic amines is 1. The highest BCUT2D eigenvalue weighted by Crippen LogP contribution is 2.22. The highest BCUT2D eigenvalue weighted by atomic mass is 16.1. The molecular weight excluding hydrogens is 300 g/mol. The number of H-pyrrole nitrogens is 1. The predicted octanol–water partition coefficient (Wildman–Crippen LogP) is 3.88. The Bertz CT molecular complexity index is 1010. The molecule has 24 heavy (non-hydrogen) atoms. The molecule has 0 saturated heterocycles. The fourth-order valence-electron chi connectivity index (χ4n) is 2.62. The molecule has 0 fully saturated rings. The fourth-order valence-corrected chi connectivity index (χ4v) is 2.62. The molecule has 2 aromatic carbocycles. The Balaban J connectivity index is 1.64. The summed E-state index contributed by atoms with van der Waals surface area (Å²) in [7, 11) is 0. The van der Waals surface area contributed by atoms with Crippen LogP contribution in [0.25, 0.3) is 22.0 Å². The number of hydrogen-bond acceptors (Lipinski definition) is 3. The van der Waals surface area contributed by atoms with Gasteiger partial charge < -0.3 is 5.32 Å². The largest absolute Gasteiger partial charge is 0.320 e. The number of aromatic nitrogens is 3. The van der Waals surface area contributed by atoms with E-state index in [9.17, 15) is 4.79 Å². The minimum Gasteiger partial charge on any atom is -0.320 e. The minimum absolute atomic E-state index is 0.206. The summed E-state index contributed by atoms with van der Waals surface area (Å²) in [5, 5.41) is 10.8. The van der Waals surface area contributed by atoms with E-state index in [1.165, 1.54) is 0 Å². The molecule has 5 heteroatoms. The Labute approximate surface area is 138 Å². The van der Waals surface area contributed by atoms with E-state index in [0.717, 1.165) is 22.0 Å². The topological polar surface area (TPSA) is 70.7 Å². The van der Waals surface area contributed by atoms with Crippen LogP contribution in [0.3, 0.4) is 0 Å². The van der Waals surface area contributed by atoms with Crippen molar-refractivity contribution in [2.45, 2.75) is 0 Å². The number of hydrogen-bond donors (Lipinski definition) is 2. The summed E-state index contributed by atoms with van der Waals surface area (Å²) in [6.07, 6.45) is 5.04. The number of rotatable bonds is 3. The van der Waals surface area contributed by atoms with E-state index in [4.69, 9.17) is 0 Å². The number of benzene rings is 2. The summed E-state index contributed by atoms with van der Waals surface area (Å²) < 4.78 is 0. The summed E-state index contributed by atoms with van der Waals surface area (Å²) >= 11 is 0. The average Bonchev–Trinajstić information content (AvgIpc) is 3.12. The molecule has 2 heterocycles. The van der Waals surface area contributed by atoms with E-state index < -0.39 is 0 Å². The first-order valence-corrected chi connectivity index (χ1v) is 7.55. The molecule has 0 aliphatic carbocycles. The van der Waals surface area contributed by atoms with Gasteiger partial charge in [0.2, 0.25) is 0 Å². The maximum Gasteiger partial charge on any atom is 0.257 e. The van der Waals surface area contributed by atoms with Gasteiger partial charge in [0.1, 0.15) is 0 Å². The highest BCUT2D eigenvalue weighted by Gasteiger charge is 2.11. The summed E-state index contributed by atoms with van der Waals surface area (Å²) in [6.45, 7) is 0. The average molecular weight is 314 g/mol. The molecule has 4 aromatic rings. The van der Waals surface area contributed by atoms with Crippen molar-refractivity contribution in [2.24, 2.45) is 0 Å². The van der Waals surface area contributed by atoms with Gasteiger partial charge in [-0.05, 0) is 17.7 Å². The molecule has 0 atom stereocenters. The Morgan fingerprint density at radius 1 is 0.917 bits per heavy atom. The molecule has 1 amide bonds. The second kappa shape index (κ2) is 5.96. The molecule has 5 nitrogen and oxygen atoms in total. The zero-order valence-electron chi connectivity index (χ0n) is 12.7. The van der Waals surface area contributed by atoms with Gasteiger partial charge in [-0.15, -0.1) is 0 Å². The Morgan fingerprint density at radius 3 is 2.67 bits per heavy atom. The highest BCUT2D eigenvalue weighted by molar-refractivity contribution is 6.08. The zero-order valence-corrected chi connectivity index (χ0v) is 12.7. The second-order valence-corrected chi connectivity index (χ2v) is 5.42. The smallest absolute Gasteiger partial charge is 0.257 e. The lowest BCUT2D eigenvalue weighted by atomic mass is 10.1. The van der Waals surface area contributed by atoms with Crippen molar-refractivity contribution in [2.75, 3.05) is 5.32 Å². The maximum atomic E-state index is 12.6. The van der Waals surface area contributed by atoms with Gasteiger partial charge in [0.15, 0.2) is 0 Å². The van der Waals surface area contributed by atoms with Crippen molar-refractivity contribution in [1.29, 1.82) is 0 Å². The molecule has 0 aliphatic rings. The third-order valence-electron chi connectivity index (χ3n) is 3.83. The molecule has 0 radical (unpaired) electrons. The molecule has 0 unspecified atom stereocenters. The number of para-hydroxylation sites is 1. The van der Waals surface area contributed by atoms with Gasteiger partial charge in [-0.1, -0.05) is 42.5 Å². The van der Waals surface area contributed by atoms with Crippen LogP contribution < -0.4 is 5.32 Å². The van der Waals surface area contributed by atoms with Crippen LogP contribution in [-0.2, 0) is 0 Å². The third kappa shape index (κ3) is 2.63. The van der Waals surface area contributed by atoms with Gasteiger partial charge in [-0.2, -0.15) is 5.10 Å². The lowest BCUT2D eigenvalue weighted by molar-refractivity contribution is 0.102. The molecule has 0 spiro atoms. The number of pyridine rings is 1. The van der Waals surface area contributed by atoms with Gasteiger partial charge in [0.25, 0.3) is 5.91 Å². The van der Waals surface area contributed by atoms with Crippen LogP contribution in [0.1, 0.15) is 10.4 Å². The van der Waals surface area contributed by atoms with E-state index in [2.05, 4.69) is 20.5 Å². The molecule has 4 rings (SSSR count). The first-order chi connectivity index (χ1) is 11.8. The molecule has 0 bridgehead atoms. The number of amides is 1. The number of fused-ring (bicyclic) bond motifs is 1. The van der Waals surface area contributed by atoms with Crippen LogP contribution in [-0.4, -0.2) is 21.1 Å². The molecule has 116 valence electrons. The molecule has 2 N–H and O–H groups in total. The van der Waals surface area contributed by atoms with Crippen LogP contribution >= 0.6 is 0 Å². The van der Waals surface area contributed by atoms with E-state index in [1.54, 1.807) is 18.6 Å². The molecule has 0 aliphatic heterocycles. The molecule has 0 saturated carbocycles. The number of nitrogens with one attached hydrogen (secondary N) is 2. The Morgan fingerprint density at radius 2 is 1.79 bits per heavy atom. The van der Waals surface area contributed by atoms with Crippen LogP contribution in [0.4, 0.5) is 5.69 Å². The standard InChI is InChI=1S/C19H14N4O/c24-19(22-17-8-4-7-14-12-21-23-18(14)17)16-9-15(10-20-11-16)13-5-2-1-3-6-13/h1-12H,(H,21,23)(H,22,24). The SMILES string of the molecule is O=C(Nc1cccc2cn[nH]c12)c1cncc(-c2ccccc2)c1. The van der Waals surface area contributed by atoms with Crippen molar-refractivity contribution in [3.63, 3.8) is 0 Å². The summed E-state index contributed by atoms with van der Waals surface area (Å²) in [6, 6.07) is 17.4. The zero-order chi connectivity index (χ0) is 16.4. The predicted molar refractivity (Wildman–Crippen MR) is 93.7 cm³/mol. The first kappa shape index (κ1) is 14.1. The summed E-state index contributed by atoms with van der Waals surface area (Å²) in [4.78, 5) is 16.8. The van der Waals surface area contributed by atoms with Crippen molar-refractivity contribution in [3.05, 3.63) is 78.8 Å². The molecule has 2 aromatic heterocycles. The monoisotopic (exact) mass is 314 g/mol. The van der Waals surface area contributed by atoms with E-state index >= 15 is 0 Å². The van der Waals surface area contributed by atoms with Crippen molar-refractivity contribution in [1.82, 2.24) is 15.2 Å². The number of carbonyl (C=O) groups is 1. The van der Waals surface area contributed by atoms with Crippen molar-refractivity contribution < 1.29 is 4.79 Å². The fraction of sp³-hybridized carbons (Fsp3) is 0. The van der Waals surface area contributed by atoms with Crippen molar-refractivity contribution >= 4 is 22.5 Å². The Hall–Kier alpha value is -3.47. The molecular formula is C19H14N4O. The summed E-state index contributed by atoms with van der Waals surface area (Å²) in [5.74, 6) is -0.206. The third-order valence-corrected chi connectivity index (χ3v) is 3.83. The number of carbonyl (C=O) groups excluding carboxylic acids is 1. The van der Waals surface area contributed by atoms with E-state index in [-0.39, 0.29) is 5.91 Å². The Kier molecular flexibility index (Phi) is 3.51. The van der Waals surface area contributed by atoms with Gasteiger partial charge in [0.05, 0.1) is 23.0 Å². The van der Waals surface area contributed by atoms with Crippen LogP contribution in [0.5, 0.6) is 0 Å². The van der Waals surface area contributed by atoms with E-state index in [0.29, 0.717) is 11.3 Å². The first-order valence-electron chi connectivity index (χ1n) is 7.55. The number of nitrogens with zero attached hydrogens (tertiary/aromatic N) is 2. The van der Waals surface area contributed by atoms with Crippen LogP contribution in [0.2, 0.25) is 0 Å². The van der Waals surface area contributed by atoms with Crippen LogP contribution in [0, 0.1) is 0 Å².